The van der Waals surface area contributed by atoms with Gasteiger partial charge in [0.25, 0.3) is 11.5 Å². The Hall–Kier alpha value is -2.74. The summed E-state index contributed by atoms with van der Waals surface area (Å²) in [5.74, 6) is -0.364. The van der Waals surface area contributed by atoms with E-state index in [-0.39, 0.29) is 14.8 Å². The minimum absolute atomic E-state index is 0.167. The number of allylic oxidation sites excluding steroid dienone is 1. The summed E-state index contributed by atoms with van der Waals surface area (Å²) in [7, 11) is 3.20. The molecule has 3 heterocycles. The van der Waals surface area contributed by atoms with Crippen LogP contribution in [0.15, 0.2) is 32.9 Å². The Morgan fingerprint density at radius 3 is 2.35 bits per heavy atom. The largest absolute Gasteiger partial charge is 0.493 e. The Labute approximate surface area is 231 Å². The molecule has 13 heteroatoms. The van der Waals surface area contributed by atoms with Crippen molar-refractivity contribution in [3.8, 4) is 11.5 Å². The Morgan fingerprint density at radius 1 is 1.08 bits per heavy atom. The zero-order chi connectivity index (χ0) is 27.0. The zero-order valence-corrected chi connectivity index (χ0v) is 24.1. The van der Waals surface area contributed by atoms with Crippen molar-refractivity contribution in [1.29, 1.82) is 0 Å². The number of thiocarbonyl (C=S) groups is 1. The first-order valence-electron chi connectivity index (χ1n) is 11.3. The van der Waals surface area contributed by atoms with E-state index in [0.29, 0.717) is 33.8 Å². The van der Waals surface area contributed by atoms with E-state index < -0.39 is 18.4 Å². The van der Waals surface area contributed by atoms with Crippen molar-refractivity contribution < 1.29 is 24.2 Å². The molecule has 0 radical (unpaired) electrons. The monoisotopic (exact) mass is 579 g/mol. The van der Waals surface area contributed by atoms with E-state index in [2.05, 4.69) is 4.90 Å². The maximum atomic E-state index is 13.4. The number of carbonyl (C=O) groups excluding carboxylic acids is 1. The maximum Gasteiger partial charge on any atom is 0.323 e. The van der Waals surface area contributed by atoms with Gasteiger partial charge in [0.05, 0.1) is 29.5 Å². The number of thioether (sulfide) groups is 2. The Kier molecular flexibility index (Phi) is 8.07. The molecule has 1 amide bonds. The lowest BCUT2D eigenvalue weighted by Crippen LogP contribution is -2.35. The van der Waals surface area contributed by atoms with Gasteiger partial charge in [0.2, 0.25) is 0 Å². The highest BCUT2D eigenvalue weighted by Crippen LogP contribution is 2.50. The highest BCUT2D eigenvalue weighted by molar-refractivity contribution is 8.30. The molecule has 0 bridgehead atoms. The number of fused-ring (bicyclic) bond motifs is 1. The number of anilines is 1. The highest BCUT2D eigenvalue weighted by atomic mass is 32.2. The van der Waals surface area contributed by atoms with Crippen LogP contribution in [0.25, 0.3) is 10.5 Å². The van der Waals surface area contributed by atoms with Crippen molar-refractivity contribution in [3.63, 3.8) is 0 Å². The molecule has 1 saturated heterocycles. The second-order valence-corrected chi connectivity index (χ2v) is 11.7. The van der Waals surface area contributed by atoms with Crippen LogP contribution in [0.5, 0.6) is 11.5 Å². The van der Waals surface area contributed by atoms with Crippen LogP contribution >= 0.6 is 47.1 Å². The molecule has 37 heavy (non-hydrogen) atoms. The molecule has 1 N–H and O–H groups in total. The van der Waals surface area contributed by atoms with Gasteiger partial charge in [0.1, 0.15) is 20.4 Å². The predicted octanol–water partition coefficient (Wildman–Crippen LogP) is 2.64. The molecule has 2 aliphatic heterocycles. The first-order chi connectivity index (χ1) is 17.6. The average Bonchev–Trinajstić information content (AvgIpc) is 3.48. The molecule has 0 spiro atoms. The lowest BCUT2D eigenvalue weighted by molar-refractivity contribution is -0.140. The highest BCUT2D eigenvalue weighted by Gasteiger charge is 2.35. The van der Waals surface area contributed by atoms with Crippen LogP contribution < -0.4 is 29.1 Å². The number of methoxy groups -OCH3 is 2. The quantitative estimate of drug-likeness (QED) is 0.493. The summed E-state index contributed by atoms with van der Waals surface area (Å²) >= 11 is 9.06. The van der Waals surface area contributed by atoms with Gasteiger partial charge in [0, 0.05) is 30.1 Å². The fourth-order valence-electron chi connectivity index (χ4n) is 4.03. The number of benzene rings is 1. The first-order valence-corrected chi connectivity index (χ1v) is 14.1. The summed E-state index contributed by atoms with van der Waals surface area (Å²) in [6.45, 7) is 6.31. The van der Waals surface area contributed by atoms with Crippen molar-refractivity contribution in [2.24, 2.45) is 0 Å². The molecule has 1 fully saturated rings. The van der Waals surface area contributed by atoms with Gasteiger partial charge in [-0.1, -0.05) is 35.7 Å². The SMILES string of the molecule is CCN1C(=CC(C)=c2sc(=C3SC(=S)N(CC(=O)O)C3=O)n(CC)c2=O)Sc2cc(OC)c(OC)cc21. The van der Waals surface area contributed by atoms with E-state index in [0.717, 1.165) is 37.8 Å². The minimum atomic E-state index is -1.15. The fourth-order valence-corrected chi connectivity index (χ4v) is 7.85. The second kappa shape index (κ2) is 10.9. The standard InChI is InChI=1S/C24H25N3O6S4/c1-6-25-13-9-14(32-4)15(33-5)10-16(13)35-17(25)8-12(3)19-21(30)26(7-2)23(36-19)20-22(31)27(11-18(28)29)24(34)37-20/h8-10H,6-7,11H2,1-5H3,(H,28,29). The van der Waals surface area contributed by atoms with Crippen molar-refractivity contribution in [2.75, 3.05) is 32.2 Å². The lowest BCUT2D eigenvalue weighted by Gasteiger charge is -2.19. The molecular formula is C24H25N3O6S4. The summed E-state index contributed by atoms with van der Waals surface area (Å²) in [6, 6.07) is 3.88. The van der Waals surface area contributed by atoms with Crippen LogP contribution in [0.4, 0.5) is 5.69 Å². The molecule has 0 atom stereocenters. The van der Waals surface area contributed by atoms with Gasteiger partial charge >= 0.3 is 5.97 Å². The average molecular weight is 580 g/mol. The number of amides is 1. The third kappa shape index (κ3) is 4.92. The number of aromatic nitrogens is 1. The van der Waals surface area contributed by atoms with Gasteiger partial charge in [-0.2, -0.15) is 0 Å². The van der Waals surface area contributed by atoms with E-state index in [1.54, 1.807) is 30.5 Å². The molecule has 4 rings (SSSR count). The van der Waals surface area contributed by atoms with E-state index in [1.165, 1.54) is 11.3 Å². The van der Waals surface area contributed by atoms with Crippen molar-refractivity contribution in [3.05, 3.63) is 42.8 Å². The van der Waals surface area contributed by atoms with Gasteiger partial charge in [0.15, 0.2) is 11.5 Å². The van der Waals surface area contributed by atoms with Crippen molar-refractivity contribution in [1.82, 2.24) is 9.47 Å². The molecule has 9 nitrogen and oxygen atoms in total. The molecule has 0 saturated carbocycles. The molecule has 2 aliphatic rings. The van der Waals surface area contributed by atoms with Crippen LogP contribution in [0.2, 0.25) is 0 Å². The number of hydrogen-bond acceptors (Lipinski definition) is 10. The molecule has 1 aromatic carbocycles. The smallest absolute Gasteiger partial charge is 0.323 e. The fraction of sp³-hybridized carbons (Fsp3) is 0.333. The van der Waals surface area contributed by atoms with E-state index >= 15 is 0 Å². The Bertz CT molecular complexity index is 1520. The zero-order valence-electron chi connectivity index (χ0n) is 20.8. The Morgan fingerprint density at radius 2 is 1.76 bits per heavy atom. The van der Waals surface area contributed by atoms with E-state index in [4.69, 9.17) is 26.8 Å². The molecule has 2 aromatic rings. The van der Waals surface area contributed by atoms with Crippen LogP contribution in [0, 0.1) is 0 Å². The first kappa shape index (κ1) is 27.3. The third-order valence-corrected chi connectivity index (χ3v) is 9.77. The normalized spacial score (nSPS) is 18.6. The number of thiazole rings is 1. The number of hydrogen-bond donors (Lipinski definition) is 1. The molecular weight excluding hydrogens is 555 g/mol. The molecule has 0 unspecified atom stereocenters. The molecule has 1 aromatic heterocycles. The van der Waals surface area contributed by atoms with Crippen LogP contribution in [-0.4, -0.2) is 58.1 Å². The van der Waals surface area contributed by atoms with Gasteiger partial charge in [-0.3, -0.25) is 23.9 Å². The number of carbonyl (C=O) groups is 2. The summed E-state index contributed by atoms with van der Waals surface area (Å²) < 4.78 is 13.6. The lowest BCUT2D eigenvalue weighted by atomic mass is 10.2. The second-order valence-electron chi connectivity index (χ2n) is 7.95. The number of aliphatic carboxylic acids is 1. The minimum Gasteiger partial charge on any atom is -0.493 e. The topological polar surface area (TPSA) is 101 Å². The van der Waals surface area contributed by atoms with Gasteiger partial charge in [-0.25, -0.2) is 0 Å². The van der Waals surface area contributed by atoms with E-state index in [9.17, 15) is 14.4 Å². The number of ether oxygens (including phenoxy) is 2. The van der Waals surface area contributed by atoms with Crippen LogP contribution in [-0.2, 0) is 16.1 Å². The Balaban J connectivity index is 1.83. The van der Waals surface area contributed by atoms with Gasteiger partial charge in [-0.05, 0) is 32.4 Å². The van der Waals surface area contributed by atoms with Crippen LogP contribution in [0.3, 0.4) is 0 Å². The predicted molar refractivity (Wildman–Crippen MR) is 152 cm³/mol. The summed E-state index contributed by atoms with van der Waals surface area (Å²) in [5, 5.41) is 10.1. The number of nitrogens with zero attached hydrogens (tertiary/aromatic N) is 3. The summed E-state index contributed by atoms with van der Waals surface area (Å²) in [6.07, 6.45) is 1.97. The van der Waals surface area contributed by atoms with Crippen LogP contribution in [0.1, 0.15) is 20.8 Å². The van der Waals surface area contributed by atoms with Crippen molar-refractivity contribution in [2.45, 2.75) is 32.2 Å². The number of carboxylic acid groups (broad SMARTS) is 1. The van der Waals surface area contributed by atoms with Crippen molar-refractivity contribution >= 4 is 79.4 Å². The number of carboxylic acids is 1. The van der Waals surface area contributed by atoms with Gasteiger partial charge in [-0.15, -0.1) is 11.3 Å². The maximum absolute atomic E-state index is 13.4. The van der Waals surface area contributed by atoms with E-state index in [1.807, 2.05) is 39.0 Å². The molecule has 0 aliphatic carbocycles. The van der Waals surface area contributed by atoms with Gasteiger partial charge < -0.3 is 19.5 Å². The summed E-state index contributed by atoms with van der Waals surface area (Å²) in [4.78, 5) is 42.0. The third-order valence-electron chi connectivity index (χ3n) is 5.79. The summed E-state index contributed by atoms with van der Waals surface area (Å²) in [5.41, 5.74) is 1.56. The molecule has 196 valence electrons. The number of rotatable bonds is 7.